The number of hydrogen-bond acceptors (Lipinski definition) is 18. The quantitative estimate of drug-likeness (QED) is 0.0840. The number of benzene rings is 2. The van der Waals surface area contributed by atoms with Gasteiger partial charge in [-0.1, -0.05) is 104 Å². The number of cyclic esters (lactones) is 4. The van der Waals surface area contributed by atoms with Crippen LogP contribution in [0.3, 0.4) is 0 Å². The van der Waals surface area contributed by atoms with E-state index in [1.165, 1.54) is 51.8 Å². The number of anilines is 2. The third-order valence-corrected chi connectivity index (χ3v) is 17.0. The van der Waals surface area contributed by atoms with Crippen LogP contribution in [0.1, 0.15) is 117 Å². The Morgan fingerprint density at radius 3 is 0.957 bits per heavy atom. The topological polar surface area (TPSA) is 247 Å². The van der Waals surface area contributed by atoms with Gasteiger partial charge in [0.15, 0.2) is 36.1 Å². The minimum atomic E-state index is -1.55. The number of amides is 4. The van der Waals surface area contributed by atoms with Crippen molar-refractivity contribution in [3.05, 3.63) is 95.3 Å². The van der Waals surface area contributed by atoms with Crippen LogP contribution in [0.25, 0.3) is 0 Å². The molecule has 0 saturated carbocycles. The van der Waals surface area contributed by atoms with Crippen LogP contribution in [0, 0.1) is 23.7 Å². The zero-order chi connectivity index (χ0) is 67.1. The standard InChI is InChI=1S/C68H98N10O14/c1-43(2)35-53-65(83)89-47(9)61(79)71(11)56(38-46(7)8)68(86)92-58(40-50-17-21-52(22-18-50)42-78-26-24-60(70-78)76-29-33-88-34-30-76)64(82)74(14)54(36-44(3)4)66(84)90-48(10)62(80)72(12)55(37-45(5)6)67(85)91-57(63(81)73(53)13)39-49-15-19-51(20-16-49)41-77-25-23-59(69-77)75-27-31-87-32-28-75/h15-26,43-48,53-58H,27-42H2,1-14H3/t47-,48-,53+,54+,55+,56+,57-,58-/m1/s1. The SMILES string of the molecule is CC(C)C[C@H]1C(=O)O[C@H](Cc2ccc(Cn3ccc(N4CCOCC4)n3)cc2)C(=O)N(C)[C@@H](CC(C)C)C(=O)O[C@H](C)C(=O)N(C)[C@@H](CC(C)C)C(=O)O[C@H](Cc2ccc(Cn3ccc(N4CCOCC4)n3)cc2)C(=O)N(C)[C@@H](CC(C)C)C(=O)O[C@H](C)C(=O)N1C. The number of esters is 4. The van der Waals surface area contributed by atoms with Crippen molar-refractivity contribution in [1.82, 2.24) is 39.2 Å². The summed E-state index contributed by atoms with van der Waals surface area (Å²) in [4.78, 5) is 128. The molecule has 7 rings (SSSR count). The van der Waals surface area contributed by atoms with Gasteiger partial charge in [-0.2, -0.15) is 10.2 Å². The first kappa shape index (κ1) is 71.6. The lowest BCUT2D eigenvalue weighted by Gasteiger charge is -2.35. The van der Waals surface area contributed by atoms with Gasteiger partial charge in [0.2, 0.25) is 0 Å². The Morgan fingerprint density at radius 2 is 0.663 bits per heavy atom. The third kappa shape index (κ3) is 19.6. The molecule has 24 nitrogen and oxygen atoms in total. The fourth-order valence-electron chi connectivity index (χ4n) is 11.6. The molecular weight excluding hydrogens is 1180 g/mol. The summed E-state index contributed by atoms with van der Waals surface area (Å²) in [7, 11) is 5.60. The molecule has 8 atom stereocenters. The molecule has 3 fully saturated rings. The third-order valence-electron chi connectivity index (χ3n) is 17.0. The first-order chi connectivity index (χ1) is 43.7. The predicted octanol–water partition coefficient (Wildman–Crippen LogP) is 5.83. The molecule has 0 bridgehead atoms. The van der Waals surface area contributed by atoms with Crippen molar-refractivity contribution in [2.24, 2.45) is 23.7 Å². The molecule has 2 aromatic heterocycles. The summed E-state index contributed by atoms with van der Waals surface area (Å²) in [6, 6.07) is 13.6. The number of carbonyl (C=O) groups excluding carboxylic acids is 8. The van der Waals surface area contributed by atoms with Crippen LogP contribution in [0.4, 0.5) is 11.6 Å². The lowest BCUT2D eigenvalue weighted by molar-refractivity contribution is -0.176. The number of ether oxygens (including phenoxy) is 6. The highest BCUT2D eigenvalue weighted by Crippen LogP contribution is 2.26. The van der Waals surface area contributed by atoms with Gasteiger partial charge in [0, 0.05) is 91.7 Å². The average molecular weight is 1280 g/mol. The molecule has 0 aliphatic carbocycles. The maximum Gasteiger partial charge on any atom is 0.329 e. The van der Waals surface area contributed by atoms with E-state index in [2.05, 4.69) is 9.80 Å². The van der Waals surface area contributed by atoms with Gasteiger partial charge in [0.1, 0.15) is 24.2 Å². The highest BCUT2D eigenvalue weighted by molar-refractivity contribution is 5.94. The largest absolute Gasteiger partial charge is 0.451 e. The summed E-state index contributed by atoms with van der Waals surface area (Å²) in [5.41, 5.74) is 3.04. The molecule has 0 spiro atoms. The second kappa shape index (κ2) is 33.1. The summed E-state index contributed by atoms with van der Waals surface area (Å²) in [5.74, 6) is -5.80. The van der Waals surface area contributed by atoms with Crippen LogP contribution in [0.15, 0.2) is 73.1 Å². The lowest BCUT2D eigenvalue weighted by Crippen LogP contribution is -2.55. The van der Waals surface area contributed by atoms with Crippen LogP contribution >= 0.6 is 0 Å². The van der Waals surface area contributed by atoms with Crippen molar-refractivity contribution in [1.29, 1.82) is 0 Å². The van der Waals surface area contributed by atoms with E-state index < -0.39 is 96.1 Å². The Balaban J connectivity index is 1.21. The van der Waals surface area contributed by atoms with Gasteiger partial charge in [-0.25, -0.2) is 19.2 Å². The van der Waals surface area contributed by atoms with Gasteiger partial charge in [0.25, 0.3) is 23.6 Å². The second-order valence-electron chi connectivity index (χ2n) is 26.4. The maximum atomic E-state index is 15.2. The molecule has 0 unspecified atom stereocenters. The van der Waals surface area contributed by atoms with Gasteiger partial charge in [-0.3, -0.25) is 28.5 Å². The molecule has 4 amide bonds. The minimum Gasteiger partial charge on any atom is -0.451 e. The van der Waals surface area contributed by atoms with Gasteiger partial charge in [-0.05, 0) is 85.5 Å². The highest BCUT2D eigenvalue weighted by atomic mass is 16.6. The van der Waals surface area contributed by atoms with E-state index in [1.54, 1.807) is 0 Å². The van der Waals surface area contributed by atoms with Crippen molar-refractivity contribution in [3.63, 3.8) is 0 Å². The van der Waals surface area contributed by atoms with Crippen molar-refractivity contribution in [2.75, 3.05) is 90.6 Å². The lowest BCUT2D eigenvalue weighted by atomic mass is 9.99. The fourth-order valence-corrected chi connectivity index (χ4v) is 11.6. The normalized spacial score (nSPS) is 23.8. The summed E-state index contributed by atoms with van der Waals surface area (Å²) >= 11 is 0. The molecule has 3 aliphatic rings. The van der Waals surface area contributed by atoms with Crippen LogP contribution in [0.5, 0.6) is 0 Å². The van der Waals surface area contributed by atoms with Crippen molar-refractivity contribution >= 4 is 59.1 Å². The average Bonchev–Trinajstić information content (AvgIpc) is 1.20. The molecule has 24 heteroatoms. The van der Waals surface area contributed by atoms with Crippen LogP contribution in [0.2, 0.25) is 0 Å². The van der Waals surface area contributed by atoms with Crippen molar-refractivity contribution in [3.8, 4) is 0 Å². The van der Waals surface area contributed by atoms with E-state index in [0.29, 0.717) is 50.6 Å². The molecule has 4 aromatic rings. The number of aromatic nitrogens is 4. The zero-order valence-electron chi connectivity index (χ0n) is 56.4. The molecule has 5 heterocycles. The number of carbonyl (C=O) groups is 8. The molecule has 3 saturated heterocycles. The monoisotopic (exact) mass is 1280 g/mol. The fraction of sp³-hybridized carbons (Fsp3) is 0.618. The Hall–Kier alpha value is -7.86. The second-order valence-corrected chi connectivity index (χ2v) is 26.4. The van der Waals surface area contributed by atoms with E-state index in [-0.39, 0.29) is 62.2 Å². The van der Waals surface area contributed by atoms with Gasteiger partial charge >= 0.3 is 23.9 Å². The molecule has 504 valence electrons. The molecule has 3 aliphatic heterocycles. The Kier molecular flexibility index (Phi) is 25.8. The molecule has 0 N–H and O–H groups in total. The number of likely N-dealkylation sites (N-methyl/N-ethyl adjacent to an activating group) is 4. The zero-order valence-corrected chi connectivity index (χ0v) is 56.4. The Labute approximate surface area is 542 Å². The van der Waals surface area contributed by atoms with E-state index in [9.17, 15) is 28.8 Å². The van der Waals surface area contributed by atoms with Gasteiger partial charge in [0.05, 0.1) is 39.5 Å². The number of rotatable bonds is 18. The summed E-state index contributed by atoms with van der Waals surface area (Å²) in [6.07, 6.45) is -2.27. The van der Waals surface area contributed by atoms with Crippen LogP contribution in [-0.4, -0.2) is 216 Å². The maximum absolute atomic E-state index is 15.2. The smallest absolute Gasteiger partial charge is 0.329 e. The summed E-state index contributed by atoms with van der Waals surface area (Å²) < 4.78 is 39.1. The van der Waals surface area contributed by atoms with Crippen molar-refractivity contribution in [2.45, 2.75) is 169 Å². The van der Waals surface area contributed by atoms with Gasteiger partial charge < -0.3 is 57.8 Å². The molecule has 0 radical (unpaired) electrons. The van der Waals surface area contributed by atoms with E-state index >= 15 is 9.59 Å². The summed E-state index contributed by atoms with van der Waals surface area (Å²) in [6.45, 7) is 24.0. The Morgan fingerprint density at radius 1 is 0.391 bits per heavy atom. The highest BCUT2D eigenvalue weighted by Gasteiger charge is 2.43. The van der Waals surface area contributed by atoms with E-state index in [4.69, 9.17) is 38.6 Å². The Bertz CT molecular complexity index is 2890. The molecule has 2 aromatic carbocycles. The summed E-state index contributed by atoms with van der Waals surface area (Å²) in [5, 5.41) is 9.54. The minimum absolute atomic E-state index is 0.0745. The number of nitrogens with zero attached hydrogens (tertiary/aromatic N) is 10. The first-order valence-corrected chi connectivity index (χ1v) is 32.4. The first-order valence-electron chi connectivity index (χ1n) is 32.4. The molecular formula is C68H98N10O14. The van der Waals surface area contributed by atoms with Crippen LogP contribution < -0.4 is 9.80 Å². The predicted molar refractivity (Wildman–Crippen MR) is 344 cm³/mol. The number of hydrogen-bond donors (Lipinski definition) is 0. The van der Waals surface area contributed by atoms with Gasteiger partial charge in [-0.15, -0.1) is 0 Å². The van der Waals surface area contributed by atoms with E-state index in [0.717, 1.165) is 58.7 Å². The van der Waals surface area contributed by atoms with Crippen molar-refractivity contribution < 1.29 is 66.8 Å². The number of morpholine rings is 2. The van der Waals surface area contributed by atoms with Crippen LogP contribution in [-0.2, 0) is 92.7 Å². The van der Waals surface area contributed by atoms with E-state index in [1.807, 2.05) is 138 Å². The molecule has 92 heavy (non-hydrogen) atoms.